The quantitative estimate of drug-likeness (QED) is 0.627. The molecular formula is C20H20FN3O3S. The van der Waals surface area contributed by atoms with E-state index in [1.54, 1.807) is 14.7 Å². The Labute approximate surface area is 165 Å². The minimum absolute atomic E-state index is 0.118. The fraction of sp³-hybridized carbons (Fsp3) is 0.350. The summed E-state index contributed by atoms with van der Waals surface area (Å²) >= 11 is 1.42. The number of aryl methyl sites for hydroxylation is 1. The van der Waals surface area contributed by atoms with Gasteiger partial charge in [-0.15, -0.1) is 11.3 Å². The predicted molar refractivity (Wildman–Crippen MR) is 104 cm³/mol. The molecule has 3 aromatic rings. The van der Waals surface area contributed by atoms with Gasteiger partial charge in [0.1, 0.15) is 17.3 Å². The molecule has 0 N–H and O–H groups in total. The number of piperidine rings is 1. The highest BCUT2D eigenvalue weighted by Crippen LogP contribution is 2.28. The third-order valence-electron chi connectivity index (χ3n) is 5.06. The van der Waals surface area contributed by atoms with Crippen LogP contribution in [-0.2, 0) is 0 Å². The average Bonchev–Trinajstić information content (AvgIpc) is 3.25. The molecule has 2 aromatic heterocycles. The lowest BCUT2D eigenvalue weighted by Crippen LogP contribution is -2.42. The van der Waals surface area contributed by atoms with Crippen molar-refractivity contribution in [2.24, 2.45) is 5.92 Å². The number of halogens is 1. The van der Waals surface area contributed by atoms with Crippen LogP contribution in [0.5, 0.6) is 5.75 Å². The van der Waals surface area contributed by atoms with E-state index >= 15 is 0 Å². The number of ketones is 1. The van der Waals surface area contributed by atoms with Crippen molar-refractivity contribution in [3.63, 3.8) is 0 Å². The van der Waals surface area contributed by atoms with Crippen LogP contribution in [0, 0.1) is 18.7 Å². The number of imidazole rings is 1. The lowest BCUT2D eigenvalue weighted by Gasteiger charge is -2.32. The van der Waals surface area contributed by atoms with Crippen LogP contribution in [-0.4, -0.2) is 46.2 Å². The van der Waals surface area contributed by atoms with Gasteiger partial charge in [-0.3, -0.25) is 14.0 Å². The summed E-state index contributed by atoms with van der Waals surface area (Å²) in [5.74, 6) is -0.825. The first kappa shape index (κ1) is 18.6. The zero-order valence-corrected chi connectivity index (χ0v) is 16.5. The summed E-state index contributed by atoms with van der Waals surface area (Å²) < 4.78 is 20.7. The Kier molecular flexibility index (Phi) is 4.89. The molecule has 0 spiro atoms. The number of aromatic nitrogens is 2. The van der Waals surface area contributed by atoms with E-state index in [2.05, 4.69) is 4.98 Å². The normalized spacial score (nSPS) is 17.1. The standard InChI is InChI=1S/C20H20FN3O3S/c1-12-9-24-16(11-28-20(24)22-12)19(26)23-7-3-4-13(10-23)18(25)15-8-14(21)5-6-17(15)27-2/h5-6,8-9,11,13H,3-4,7,10H2,1-2H3/t13-/m0/s1. The molecule has 4 rings (SSSR count). The SMILES string of the molecule is COc1ccc(F)cc1C(=O)[C@H]1CCCN(C(=O)c2csc3nc(C)cn23)C1. The maximum absolute atomic E-state index is 13.7. The second kappa shape index (κ2) is 7.35. The number of carbonyl (C=O) groups excluding carboxylic acids is 2. The number of hydrogen-bond acceptors (Lipinski definition) is 5. The van der Waals surface area contributed by atoms with Crippen LogP contribution in [0.25, 0.3) is 4.96 Å². The molecule has 0 aliphatic carbocycles. The van der Waals surface area contributed by atoms with Gasteiger partial charge < -0.3 is 9.64 Å². The van der Waals surface area contributed by atoms with Crippen LogP contribution in [0.1, 0.15) is 39.4 Å². The molecule has 8 heteroatoms. The Morgan fingerprint density at radius 1 is 1.36 bits per heavy atom. The van der Waals surface area contributed by atoms with Gasteiger partial charge in [-0.1, -0.05) is 0 Å². The van der Waals surface area contributed by atoms with E-state index in [4.69, 9.17) is 4.74 Å². The number of amides is 1. The summed E-state index contributed by atoms with van der Waals surface area (Å²) in [4.78, 5) is 32.9. The summed E-state index contributed by atoms with van der Waals surface area (Å²) in [6.07, 6.45) is 3.21. The van der Waals surface area contributed by atoms with E-state index in [-0.39, 0.29) is 23.2 Å². The second-order valence-electron chi connectivity index (χ2n) is 6.95. The third kappa shape index (κ3) is 3.28. The highest BCUT2D eigenvalue weighted by atomic mass is 32.1. The van der Waals surface area contributed by atoms with Gasteiger partial charge in [-0.25, -0.2) is 9.37 Å². The molecule has 3 heterocycles. The van der Waals surface area contributed by atoms with Crippen molar-refractivity contribution in [3.8, 4) is 5.75 Å². The highest BCUT2D eigenvalue weighted by Gasteiger charge is 2.32. The summed E-state index contributed by atoms with van der Waals surface area (Å²) in [5.41, 5.74) is 1.63. The molecule has 146 valence electrons. The van der Waals surface area contributed by atoms with Crippen molar-refractivity contribution in [1.29, 1.82) is 0 Å². The van der Waals surface area contributed by atoms with Gasteiger partial charge in [-0.2, -0.15) is 0 Å². The number of ether oxygens (including phenoxy) is 1. The Bertz CT molecular complexity index is 1060. The lowest BCUT2D eigenvalue weighted by molar-refractivity contribution is 0.0630. The van der Waals surface area contributed by atoms with Crippen LogP contribution in [0.3, 0.4) is 0 Å². The lowest BCUT2D eigenvalue weighted by atomic mass is 9.89. The number of nitrogens with zero attached hydrogens (tertiary/aromatic N) is 3. The third-order valence-corrected chi connectivity index (χ3v) is 5.89. The molecule has 1 amide bonds. The number of rotatable bonds is 4. The minimum Gasteiger partial charge on any atom is -0.496 e. The number of Topliss-reactive ketones (excluding diaryl/α,β-unsaturated/α-hetero) is 1. The molecular weight excluding hydrogens is 381 g/mol. The van der Waals surface area contributed by atoms with Crippen molar-refractivity contribution >= 4 is 28.0 Å². The molecule has 1 fully saturated rings. The molecule has 6 nitrogen and oxygen atoms in total. The number of methoxy groups -OCH3 is 1. The average molecular weight is 401 g/mol. The Morgan fingerprint density at radius 3 is 2.96 bits per heavy atom. The maximum atomic E-state index is 13.7. The first-order chi connectivity index (χ1) is 13.5. The number of likely N-dealkylation sites (tertiary alicyclic amines) is 1. The Balaban J connectivity index is 1.57. The van der Waals surface area contributed by atoms with Gasteiger partial charge in [-0.05, 0) is 38.0 Å². The molecule has 0 saturated carbocycles. The van der Waals surface area contributed by atoms with E-state index < -0.39 is 5.82 Å². The number of benzene rings is 1. The van der Waals surface area contributed by atoms with E-state index in [1.807, 2.05) is 13.1 Å². The van der Waals surface area contributed by atoms with Crippen LogP contribution in [0.4, 0.5) is 4.39 Å². The van der Waals surface area contributed by atoms with Gasteiger partial charge in [0.2, 0.25) is 0 Å². The van der Waals surface area contributed by atoms with E-state index in [0.29, 0.717) is 31.0 Å². The number of carbonyl (C=O) groups is 2. The van der Waals surface area contributed by atoms with Crippen molar-refractivity contribution in [2.45, 2.75) is 19.8 Å². The molecule has 1 aliphatic heterocycles. The molecule has 1 aliphatic rings. The van der Waals surface area contributed by atoms with Crippen LogP contribution in [0.2, 0.25) is 0 Å². The molecule has 0 unspecified atom stereocenters. The predicted octanol–water partition coefficient (Wildman–Crippen LogP) is 3.59. The minimum atomic E-state index is -0.482. The fourth-order valence-electron chi connectivity index (χ4n) is 3.68. The van der Waals surface area contributed by atoms with Gasteiger partial charge in [0, 0.05) is 30.6 Å². The Hall–Kier alpha value is -2.74. The Morgan fingerprint density at radius 2 is 2.18 bits per heavy atom. The highest BCUT2D eigenvalue weighted by molar-refractivity contribution is 7.15. The fourth-order valence-corrected chi connectivity index (χ4v) is 4.57. The first-order valence-electron chi connectivity index (χ1n) is 9.08. The summed E-state index contributed by atoms with van der Waals surface area (Å²) in [6, 6.07) is 3.93. The van der Waals surface area contributed by atoms with Gasteiger partial charge >= 0.3 is 0 Å². The van der Waals surface area contributed by atoms with E-state index in [1.165, 1.54) is 36.6 Å². The summed E-state index contributed by atoms with van der Waals surface area (Å²) in [6.45, 7) is 2.78. The number of thiazole rings is 1. The molecule has 0 radical (unpaired) electrons. The number of hydrogen-bond donors (Lipinski definition) is 0. The van der Waals surface area contributed by atoms with E-state index in [9.17, 15) is 14.0 Å². The molecule has 1 aromatic carbocycles. The molecule has 1 saturated heterocycles. The number of fused-ring (bicyclic) bond motifs is 1. The van der Waals surface area contributed by atoms with Crippen molar-refractivity contribution in [3.05, 3.63) is 52.5 Å². The van der Waals surface area contributed by atoms with Gasteiger partial charge in [0.25, 0.3) is 5.91 Å². The zero-order chi connectivity index (χ0) is 19.8. The second-order valence-corrected chi connectivity index (χ2v) is 7.79. The van der Waals surface area contributed by atoms with Gasteiger partial charge in [0.05, 0.1) is 18.4 Å². The van der Waals surface area contributed by atoms with E-state index in [0.717, 1.165) is 17.1 Å². The van der Waals surface area contributed by atoms with Crippen molar-refractivity contribution in [1.82, 2.24) is 14.3 Å². The first-order valence-corrected chi connectivity index (χ1v) is 9.96. The van der Waals surface area contributed by atoms with Crippen LogP contribution < -0.4 is 4.74 Å². The largest absolute Gasteiger partial charge is 0.496 e. The van der Waals surface area contributed by atoms with Crippen molar-refractivity contribution < 1.29 is 18.7 Å². The molecule has 28 heavy (non-hydrogen) atoms. The monoisotopic (exact) mass is 401 g/mol. The topological polar surface area (TPSA) is 63.9 Å². The maximum Gasteiger partial charge on any atom is 0.271 e. The van der Waals surface area contributed by atoms with Crippen molar-refractivity contribution in [2.75, 3.05) is 20.2 Å². The summed E-state index contributed by atoms with van der Waals surface area (Å²) in [5, 5.41) is 1.80. The molecule has 0 bridgehead atoms. The smallest absolute Gasteiger partial charge is 0.271 e. The summed E-state index contributed by atoms with van der Waals surface area (Å²) in [7, 11) is 1.45. The van der Waals surface area contributed by atoms with Crippen LogP contribution in [0.15, 0.2) is 29.8 Å². The molecule has 1 atom stereocenters. The van der Waals surface area contributed by atoms with Gasteiger partial charge in [0.15, 0.2) is 10.7 Å². The zero-order valence-electron chi connectivity index (χ0n) is 15.6. The van der Waals surface area contributed by atoms with Crippen LogP contribution >= 0.6 is 11.3 Å².